The van der Waals surface area contributed by atoms with Crippen molar-refractivity contribution in [3.63, 3.8) is 0 Å². The van der Waals surface area contributed by atoms with E-state index in [1.165, 1.54) is 42.5 Å². The molecule has 2 aromatic rings. The Morgan fingerprint density at radius 2 is 1.96 bits per heavy atom. The molecule has 2 amide bonds. The van der Waals surface area contributed by atoms with Gasteiger partial charge < -0.3 is 29.4 Å². The van der Waals surface area contributed by atoms with E-state index in [0.29, 0.717) is 11.5 Å². The van der Waals surface area contributed by atoms with Crippen LogP contribution in [0.5, 0.6) is 0 Å². The molecule has 0 radical (unpaired) electrons. The quantitative estimate of drug-likeness (QED) is 0.614. The third-order valence-corrected chi connectivity index (χ3v) is 3.91. The highest BCUT2D eigenvalue weighted by Crippen LogP contribution is 2.09. The van der Waals surface area contributed by atoms with E-state index in [4.69, 9.17) is 8.83 Å². The van der Waals surface area contributed by atoms with Crippen LogP contribution in [0, 0.1) is 0 Å². The Bertz CT molecular complexity index is 767. The average Bonchev–Trinajstić information content (AvgIpc) is 3.30. The molecule has 0 saturated carbocycles. The number of amides is 2. The maximum Gasteiger partial charge on any atom is 0.291 e. The predicted molar refractivity (Wildman–Crippen MR) is 92.8 cm³/mol. The molecule has 2 aromatic heterocycles. The van der Waals surface area contributed by atoms with Gasteiger partial charge in [0.15, 0.2) is 5.76 Å². The molecular formula is C17H17N2O6S-. The maximum absolute atomic E-state index is 12.5. The highest BCUT2D eigenvalue weighted by Gasteiger charge is 2.20. The summed E-state index contributed by atoms with van der Waals surface area (Å²) in [4.78, 5) is 35.9. The van der Waals surface area contributed by atoms with Crippen LogP contribution in [0.1, 0.15) is 22.7 Å². The summed E-state index contributed by atoms with van der Waals surface area (Å²) in [6.07, 6.45) is 6.02. The summed E-state index contributed by atoms with van der Waals surface area (Å²) < 4.78 is 10.1. The molecule has 8 nitrogen and oxygen atoms in total. The van der Waals surface area contributed by atoms with E-state index < -0.39 is 23.8 Å². The summed E-state index contributed by atoms with van der Waals surface area (Å²) in [7, 11) is 0. The SMILES string of the molecule is CSCC[C@@H](NC(=O)/C(=C\c1ccco1)NC(=O)c1ccco1)C(=O)[O-]. The fraction of sp³-hybridized carbons (Fsp3) is 0.235. The normalized spacial score (nSPS) is 12.4. The topological polar surface area (TPSA) is 125 Å². The second-order valence-electron chi connectivity index (χ2n) is 5.13. The van der Waals surface area contributed by atoms with Crippen molar-refractivity contribution in [2.45, 2.75) is 12.5 Å². The molecular weight excluding hydrogens is 360 g/mol. The third kappa shape index (κ3) is 5.55. The second-order valence-corrected chi connectivity index (χ2v) is 6.12. The Hall–Kier alpha value is -2.94. The van der Waals surface area contributed by atoms with Crippen LogP contribution in [0.25, 0.3) is 6.08 Å². The number of carboxylic acid groups (broad SMARTS) is 1. The minimum atomic E-state index is -1.40. The first kappa shape index (κ1) is 19.4. The molecule has 2 heterocycles. The standard InChI is InChI=1S/C17H18N2O6S/c1-26-9-6-12(17(22)23)18-15(20)13(10-11-4-2-7-24-11)19-16(21)14-5-3-8-25-14/h2-5,7-8,10,12H,6,9H2,1H3,(H,18,20)(H,19,21)(H,22,23)/p-1/b13-10+/t12-/m1/s1. The molecule has 0 aromatic carbocycles. The van der Waals surface area contributed by atoms with Crippen molar-refractivity contribution < 1.29 is 28.3 Å². The molecule has 2 rings (SSSR count). The van der Waals surface area contributed by atoms with E-state index in [1.54, 1.807) is 12.1 Å². The van der Waals surface area contributed by atoms with Crippen LogP contribution in [-0.2, 0) is 9.59 Å². The van der Waals surface area contributed by atoms with Crippen LogP contribution in [0.2, 0.25) is 0 Å². The lowest BCUT2D eigenvalue weighted by Crippen LogP contribution is -2.50. The van der Waals surface area contributed by atoms with Gasteiger partial charge in [-0.2, -0.15) is 11.8 Å². The van der Waals surface area contributed by atoms with E-state index in [2.05, 4.69) is 10.6 Å². The van der Waals surface area contributed by atoms with Crippen LogP contribution in [-0.4, -0.2) is 35.8 Å². The molecule has 0 aliphatic rings. The van der Waals surface area contributed by atoms with Gasteiger partial charge >= 0.3 is 0 Å². The van der Waals surface area contributed by atoms with Crippen molar-refractivity contribution in [2.24, 2.45) is 0 Å². The second kappa shape index (κ2) is 9.52. The van der Waals surface area contributed by atoms with Crippen molar-refractivity contribution in [2.75, 3.05) is 12.0 Å². The number of carbonyl (C=O) groups is 3. The molecule has 26 heavy (non-hydrogen) atoms. The van der Waals surface area contributed by atoms with Crippen molar-refractivity contribution in [1.82, 2.24) is 10.6 Å². The zero-order valence-corrected chi connectivity index (χ0v) is 14.7. The summed E-state index contributed by atoms with van der Waals surface area (Å²) >= 11 is 1.44. The largest absolute Gasteiger partial charge is 0.548 e. The van der Waals surface area contributed by atoms with Crippen molar-refractivity contribution >= 4 is 35.6 Å². The Labute approximate surface area is 153 Å². The van der Waals surface area contributed by atoms with Crippen LogP contribution in [0.15, 0.2) is 51.3 Å². The number of thioether (sulfide) groups is 1. The van der Waals surface area contributed by atoms with E-state index in [9.17, 15) is 19.5 Å². The van der Waals surface area contributed by atoms with Crippen LogP contribution < -0.4 is 15.7 Å². The lowest BCUT2D eigenvalue weighted by molar-refractivity contribution is -0.308. The molecule has 0 aliphatic heterocycles. The van der Waals surface area contributed by atoms with Gasteiger partial charge in [-0.25, -0.2) is 0 Å². The zero-order chi connectivity index (χ0) is 18.9. The molecule has 0 spiro atoms. The first-order valence-corrected chi connectivity index (χ1v) is 9.01. The maximum atomic E-state index is 12.5. The number of aliphatic carboxylic acids is 1. The highest BCUT2D eigenvalue weighted by atomic mass is 32.2. The molecule has 9 heteroatoms. The molecule has 0 saturated heterocycles. The minimum Gasteiger partial charge on any atom is -0.548 e. The number of hydrogen-bond acceptors (Lipinski definition) is 7. The highest BCUT2D eigenvalue weighted by molar-refractivity contribution is 7.98. The molecule has 1 atom stereocenters. The Morgan fingerprint density at radius 1 is 1.23 bits per heavy atom. The minimum absolute atomic E-state index is 0.00183. The average molecular weight is 377 g/mol. The lowest BCUT2D eigenvalue weighted by Gasteiger charge is -2.20. The van der Waals surface area contributed by atoms with E-state index in [-0.39, 0.29) is 17.9 Å². The summed E-state index contributed by atoms with van der Waals surface area (Å²) in [6, 6.07) is 4.96. The molecule has 0 fully saturated rings. The van der Waals surface area contributed by atoms with Crippen molar-refractivity contribution in [3.05, 3.63) is 54.0 Å². The number of nitrogens with one attached hydrogen (secondary N) is 2. The van der Waals surface area contributed by atoms with Crippen molar-refractivity contribution in [1.29, 1.82) is 0 Å². The number of carboxylic acids is 1. The van der Waals surface area contributed by atoms with E-state index in [1.807, 2.05) is 6.26 Å². The number of hydrogen-bond donors (Lipinski definition) is 2. The molecule has 0 aliphatic carbocycles. The van der Waals surface area contributed by atoms with Gasteiger partial charge in [0.2, 0.25) is 0 Å². The smallest absolute Gasteiger partial charge is 0.291 e. The van der Waals surface area contributed by atoms with E-state index in [0.717, 1.165) is 0 Å². The van der Waals surface area contributed by atoms with Gasteiger partial charge in [0, 0.05) is 6.08 Å². The van der Waals surface area contributed by atoms with Crippen LogP contribution in [0.3, 0.4) is 0 Å². The third-order valence-electron chi connectivity index (χ3n) is 3.27. The number of carbonyl (C=O) groups excluding carboxylic acids is 3. The van der Waals surface area contributed by atoms with Crippen LogP contribution in [0.4, 0.5) is 0 Å². The van der Waals surface area contributed by atoms with E-state index >= 15 is 0 Å². The first-order valence-electron chi connectivity index (χ1n) is 7.62. The van der Waals surface area contributed by atoms with Crippen LogP contribution >= 0.6 is 11.8 Å². The Kier molecular flexibility index (Phi) is 7.10. The van der Waals surface area contributed by atoms with Crippen molar-refractivity contribution in [3.8, 4) is 0 Å². The fourth-order valence-electron chi connectivity index (χ4n) is 1.99. The van der Waals surface area contributed by atoms with Gasteiger partial charge in [-0.3, -0.25) is 9.59 Å². The molecule has 0 unspecified atom stereocenters. The fourth-order valence-corrected chi connectivity index (χ4v) is 2.46. The molecule has 2 N–H and O–H groups in total. The van der Waals surface area contributed by atoms with Gasteiger partial charge in [-0.05, 0) is 42.7 Å². The summed E-state index contributed by atoms with van der Waals surface area (Å²) in [5, 5.41) is 16.0. The first-order chi connectivity index (χ1) is 12.5. The summed E-state index contributed by atoms with van der Waals surface area (Å²) in [5.74, 6) is -2.00. The lowest BCUT2D eigenvalue weighted by atomic mass is 10.2. The van der Waals surface area contributed by atoms with Gasteiger partial charge in [-0.1, -0.05) is 0 Å². The Balaban J connectivity index is 2.18. The monoisotopic (exact) mass is 377 g/mol. The van der Waals surface area contributed by atoms with Gasteiger partial charge in [-0.15, -0.1) is 0 Å². The van der Waals surface area contributed by atoms with Gasteiger partial charge in [0.05, 0.1) is 24.5 Å². The van der Waals surface area contributed by atoms with Gasteiger partial charge in [0.25, 0.3) is 11.8 Å². The zero-order valence-electron chi connectivity index (χ0n) is 13.9. The summed E-state index contributed by atoms with van der Waals surface area (Å²) in [6.45, 7) is 0. The number of furan rings is 2. The van der Waals surface area contributed by atoms with Gasteiger partial charge in [0.1, 0.15) is 11.5 Å². The summed E-state index contributed by atoms with van der Waals surface area (Å²) in [5.41, 5.74) is -0.184. The Morgan fingerprint density at radius 3 is 2.54 bits per heavy atom. The molecule has 138 valence electrons. The predicted octanol–water partition coefficient (Wildman–Crippen LogP) is 0.631. The molecule has 0 bridgehead atoms. The number of rotatable bonds is 9.